The molecule has 0 saturated carbocycles. The lowest BCUT2D eigenvalue weighted by Gasteiger charge is -2.42. The average Bonchev–Trinajstić information content (AvgIpc) is 2.00. The summed E-state index contributed by atoms with van der Waals surface area (Å²) in [4.78, 5) is 107. The number of carbonyl (C=O) groups excluding carboxylic acids is 8. The van der Waals surface area contributed by atoms with Crippen LogP contribution in [0, 0.1) is 23.6 Å². The van der Waals surface area contributed by atoms with Crippen LogP contribution in [0.25, 0.3) is 0 Å². The number of halogens is 5. The maximum Gasteiger partial charge on any atom is 0.412 e. The van der Waals surface area contributed by atoms with Gasteiger partial charge in [-0.05, 0) is 75.6 Å². The van der Waals surface area contributed by atoms with Gasteiger partial charge in [0.15, 0.2) is 5.72 Å². The van der Waals surface area contributed by atoms with Gasteiger partial charge in [0.1, 0.15) is 52.6 Å². The van der Waals surface area contributed by atoms with Crippen molar-refractivity contribution in [2.75, 3.05) is 60.6 Å². The summed E-state index contributed by atoms with van der Waals surface area (Å²) in [6.45, 7) is 9.04. The Morgan fingerprint density at radius 2 is 1.65 bits per heavy atom. The number of alkyl halides is 2. The number of epoxide rings is 1. The van der Waals surface area contributed by atoms with Crippen molar-refractivity contribution in [1.82, 2.24) is 26.6 Å². The van der Waals surface area contributed by atoms with Crippen LogP contribution in [-0.2, 0) is 49.3 Å². The zero-order chi connectivity index (χ0) is 62.2. The molecular formula is C56H76Br2Cl2FN9O14. The predicted molar refractivity (Wildman–Crippen MR) is 321 cm³/mol. The number of urea groups is 1. The molecule has 0 aliphatic carbocycles. The summed E-state index contributed by atoms with van der Waals surface area (Å²) in [5, 5.41) is 30.7. The Hall–Kier alpha value is -5.77. The molecule has 464 valence electrons. The number of primary amides is 1. The van der Waals surface area contributed by atoms with Crippen molar-refractivity contribution in [2.45, 2.75) is 140 Å². The number of hydrogen-bond acceptors (Lipinski definition) is 14. The predicted octanol–water partition coefficient (Wildman–Crippen LogP) is 7.26. The van der Waals surface area contributed by atoms with Gasteiger partial charge in [0.25, 0.3) is 0 Å². The maximum atomic E-state index is 16.1. The number of unbranched alkanes of at least 4 members (excludes halogenated alkanes) is 2. The smallest absolute Gasteiger partial charge is 0.412 e. The second-order valence-electron chi connectivity index (χ2n) is 21.5. The molecule has 2 aromatic carbocycles. The van der Waals surface area contributed by atoms with Gasteiger partial charge >= 0.3 is 18.2 Å². The molecular weight excluding hydrogens is 1270 g/mol. The first kappa shape index (κ1) is 69.0. The number of carbonyl (C=O) groups is 8. The number of amides is 9. The third-order valence-electron chi connectivity index (χ3n) is 14.7. The van der Waals surface area contributed by atoms with Gasteiger partial charge in [-0.1, -0.05) is 106 Å². The van der Waals surface area contributed by atoms with E-state index >= 15 is 4.39 Å². The second kappa shape index (κ2) is 31.6. The first-order valence-corrected chi connectivity index (χ1v) is 30.4. The number of fused-ring (bicyclic) bond motifs is 5. The summed E-state index contributed by atoms with van der Waals surface area (Å²) in [5.74, 6) is -4.83. The lowest BCUT2D eigenvalue weighted by molar-refractivity contribution is -0.142. The summed E-state index contributed by atoms with van der Waals surface area (Å²) >= 11 is 20.1. The molecule has 3 aliphatic heterocycles. The number of nitrogens with one attached hydrogen (secondary N) is 7. The lowest BCUT2D eigenvalue weighted by atomic mass is 9.83. The van der Waals surface area contributed by atoms with Gasteiger partial charge in [-0.15, -0.1) is 0 Å². The minimum Gasteiger partial charge on any atom is -0.495 e. The first-order chi connectivity index (χ1) is 39.7. The fourth-order valence-corrected chi connectivity index (χ4v) is 12.0. The van der Waals surface area contributed by atoms with Crippen LogP contribution in [0.5, 0.6) is 5.75 Å². The fourth-order valence-electron chi connectivity index (χ4n) is 9.79. The summed E-state index contributed by atoms with van der Waals surface area (Å²) in [6.07, 6.45) is 0.293. The topological polar surface area (TPSA) is 320 Å². The van der Waals surface area contributed by atoms with Gasteiger partial charge in [-0.25, -0.2) is 18.8 Å². The van der Waals surface area contributed by atoms with Crippen molar-refractivity contribution >= 4 is 120 Å². The van der Waals surface area contributed by atoms with E-state index in [1.807, 2.05) is 6.92 Å². The zero-order valence-corrected chi connectivity index (χ0v) is 52.8. The number of methoxy groups -OCH3 is 2. The minimum absolute atomic E-state index is 0.0183. The van der Waals surface area contributed by atoms with E-state index in [-0.39, 0.29) is 71.2 Å². The van der Waals surface area contributed by atoms with Crippen molar-refractivity contribution in [2.24, 2.45) is 23.5 Å². The molecule has 0 spiro atoms. The highest BCUT2D eigenvalue weighted by molar-refractivity contribution is 9.09. The van der Waals surface area contributed by atoms with Crippen LogP contribution < -0.4 is 52.6 Å². The molecule has 5 rings (SSSR count). The quantitative estimate of drug-likeness (QED) is 0.0301. The summed E-state index contributed by atoms with van der Waals surface area (Å²) < 4.78 is 45.3. The van der Waals surface area contributed by atoms with Gasteiger partial charge in [0.05, 0.1) is 47.6 Å². The highest BCUT2D eigenvalue weighted by atomic mass is 79.9. The highest BCUT2D eigenvalue weighted by Crippen LogP contribution is 2.49. The monoisotopic (exact) mass is 1350 g/mol. The summed E-state index contributed by atoms with van der Waals surface area (Å²) in [6, 6.07) is 2.02. The van der Waals surface area contributed by atoms with Crippen molar-refractivity contribution < 1.29 is 71.5 Å². The first-order valence-electron chi connectivity index (χ1n) is 27.4. The van der Waals surface area contributed by atoms with E-state index in [1.165, 1.54) is 26.2 Å². The molecule has 2 saturated heterocycles. The van der Waals surface area contributed by atoms with Crippen LogP contribution in [0.15, 0.2) is 48.1 Å². The molecule has 3 heterocycles. The normalized spacial score (nSPS) is 24.2. The molecule has 23 nitrogen and oxygen atoms in total. The minimum atomic E-state index is -1.94. The van der Waals surface area contributed by atoms with Crippen molar-refractivity contribution in [1.29, 1.82) is 0 Å². The number of hydrogen-bond donors (Lipinski definition) is 9. The average molecular weight is 1350 g/mol. The number of ether oxygens (including phenoxy) is 5. The third kappa shape index (κ3) is 18.9. The van der Waals surface area contributed by atoms with Crippen LogP contribution in [0.1, 0.15) is 91.5 Å². The fraction of sp³-hybridized carbons (Fsp3) is 0.571. The van der Waals surface area contributed by atoms with Crippen LogP contribution in [0.4, 0.5) is 35.8 Å². The Morgan fingerprint density at radius 1 is 0.952 bits per heavy atom. The maximum absolute atomic E-state index is 16.1. The number of benzene rings is 2. The van der Waals surface area contributed by atoms with Crippen LogP contribution in [0.3, 0.4) is 0 Å². The zero-order valence-electron chi connectivity index (χ0n) is 48.1. The molecule has 9 atom stereocenters. The number of anilines is 3. The third-order valence-corrected chi connectivity index (χ3v) is 17.0. The van der Waals surface area contributed by atoms with E-state index in [0.717, 1.165) is 17.7 Å². The number of allylic oxidation sites excluding steroid dienone is 3. The molecule has 10 N–H and O–H groups in total. The number of aliphatic hydroxyl groups is 1. The molecule has 0 aromatic heterocycles. The number of alkyl carbamates (subject to hydrolysis) is 1. The molecule has 2 fully saturated rings. The Kier molecular flexibility index (Phi) is 25.9. The SMILES string of the molecule is COc1cc2cc(c1Cl)N(C)C(=O)C[C@H](OC(=O)Nc1cc(F)c(NC(=O)[C@H](CCCNC(N)=O)NC(=O)[C@@H](NC(=O)CCCCCNC(=O)C(CBr)CBr)C(C)C)cc1Cl)[C@]1(C)O[C@H]1[C@H](C)[C@@H]1C[C@@](O)(NC(=O)O1)[C@H](OC)/C=C/C=C(\C)C2. The Balaban J connectivity index is 1.34. The van der Waals surface area contributed by atoms with E-state index in [4.69, 9.17) is 52.6 Å². The van der Waals surface area contributed by atoms with E-state index in [0.29, 0.717) is 48.5 Å². The van der Waals surface area contributed by atoms with E-state index in [1.54, 1.807) is 58.1 Å². The van der Waals surface area contributed by atoms with Crippen molar-refractivity contribution in [3.8, 4) is 5.75 Å². The molecule has 3 aliphatic rings. The van der Waals surface area contributed by atoms with Crippen LogP contribution in [-0.4, -0.2) is 146 Å². The number of nitrogens with zero attached hydrogens (tertiary/aromatic N) is 1. The van der Waals surface area contributed by atoms with Crippen molar-refractivity contribution in [3.63, 3.8) is 0 Å². The molecule has 28 heteroatoms. The number of nitrogens with two attached hydrogens (primary N) is 1. The van der Waals surface area contributed by atoms with E-state index < -0.39 is 119 Å². The molecule has 84 heavy (non-hydrogen) atoms. The molecule has 2 aromatic rings. The molecule has 0 radical (unpaired) electrons. The number of rotatable bonds is 23. The van der Waals surface area contributed by atoms with Crippen LogP contribution >= 0.6 is 55.1 Å². The molecule has 0 unspecified atom stereocenters. The van der Waals surface area contributed by atoms with Gasteiger partial charge in [-0.2, -0.15) is 0 Å². The Bertz CT molecular complexity index is 2800. The van der Waals surface area contributed by atoms with Crippen LogP contribution in [0.2, 0.25) is 10.0 Å². The lowest BCUT2D eigenvalue weighted by Crippen LogP contribution is -2.63. The highest BCUT2D eigenvalue weighted by Gasteiger charge is 2.64. The largest absolute Gasteiger partial charge is 0.495 e. The van der Waals surface area contributed by atoms with Gasteiger partial charge in [0.2, 0.25) is 29.5 Å². The van der Waals surface area contributed by atoms with Gasteiger partial charge < -0.3 is 66.0 Å². The second-order valence-corrected chi connectivity index (χ2v) is 23.6. The summed E-state index contributed by atoms with van der Waals surface area (Å²) in [5.41, 5.74) is 2.93. The standard InChI is InChI=1S/C56H76Br2Cl2FN9O14/c1-29(2)47(68-44(71)17-10-9-11-18-63-49(73)33(27-57)28-58)51(75)65-36(15-13-19-64-52(62)76)50(74)66-38-23-34(59)37(24-35(38)61)67-53(77)83-43-25-45(72)70(6)39-21-32(22-40(80-7)46(39)60)20-30(3)14-12-16-42(81-8)56(79)26-41(82-54(78)69-56)31(4)48-55(43,5)84-48/h12,14,16,21-24,29,31,33,36,41-43,47-48,79H,9-11,13,15,17-20,25-28H2,1-8H3,(H,63,73)(H,65,75)(H,66,74)(H,67,77)(H,68,71)(H,69,78)(H3,62,64,76)/b16-12+,30-14+/t31-,36+,41+,42-,43+,47+,48+,55+,56+/m1/s1. The van der Waals surface area contributed by atoms with Gasteiger partial charge in [-0.3, -0.25) is 34.6 Å². The Morgan fingerprint density at radius 3 is 2.31 bits per heavy atom. The Labute approximate surface area is 514 Å². The van der Waals surface area contributed by atoms with E-state index in [2.05, 4.69) is 69.1 Å². The van der Waals surface area contributed by atoms with Crippen molar-refractivity contribution in [3.05, 3.63) is 69.5 Å². The summed E-state index contributed by atoms with van der Waals surface area (Å²) in [7, 11) is 4.30. The van der Waals surface area contributed by atoms with Gasteiger partial charge in [0, 0.05) is 62.7 Å². The molecule has 9 amide bonds. The molecule has 4 bridgehead atoms. The van der Waals surface area contributed by atoms with E-state index in [9.17, 15) is 43.5 Å².